The predicted molar refractivity (Wildman–Crippen MR) is 52.3 cm³/mol. The topological polar surface area (TPSA) is 40.6 Å². The highest BCUT2D eigenvalue weighted by Crippen LogP contribution is 2.29. The van der Waals surface area contributed by atoms with Gasteiger partial charge in [-0.05, 0) is 0 Å². The fraction of sp³-hybridized carbons (Fsp3) is 0.750. The maximum absolute atomic E-state index is 11.2. The predicted octanol–water partition coefficient (Wildman–Crippen LogP) is 0.986. The van der Waals surface area contributed by atoms with Gasteiger partial charge in [0, 0.05) is 25.9 Å². The lowest BCUT2D eigenvalue weighted by atomic mass is 10.4. The molecule has 2 amide bonds. The van der Waals surface area contributed by atoms with Crippen LogP contribution >= 0.6 is 8.88 Å². The molecule has 0 aromatic rings. The molecule has 0 bridgehead atoms. The largest absolute Gasteiger partial charge is 0.274 e. The van der Waals surface area contributed by atoms with Crippen molar-refractivity contribution in [3.8, 4) is 0 Å². The van der Waals surface area contributed by atoms with Gasteiger partial charge in [-0.3, -0.25) is 14.3 Å². The smallest absolute Gasteiger partial charge is 0.233 e. The molecule has 74 valence electrons. The minimum atomic E-state index is -0.0183. The third-order valence-electron chi connectivity index (χ3n) is 2.06. The van der Waals surface area contributed by atoms with Gasteiger partial charge in [0.1, 0.15) is 0 Å². The van der Waals surface area contributed by atoms with Crippen LogP contribution in [0.5, 0.6) is 0 Å². The van der Waals surface area contributed by atoms with Gasteiger partial charge in [0.15, 0.2) is 0 Å². The summed E-state index contributed by atoms with van der Waals surface area (Å²) in [5.41, 5.74) is 0. The second-order valence-corrected chi connectivity index (χ2v) is 4.17. The number of rotatable bonds is 4. The Balaban J connectivity index is 2.51. The van der Waals surface area contributed by atoms with E-state index in [9.17, 15) is 9.59 Å². The Kier molecular flexibility index (Phi) is 3.82. The molecule has 13 heavy (non-hydrogen) atoms. The SMILES string of the molecule is CCN(CC)PN1C(=O)CCC1=O. The van der Waals surface area contributed by atoms with E-state index in [1.54, 1.807) is 0 Å². The highest BCUT2D eigenvalue weighted by molar-refractivity contribution is 7.34. The van der Waals surface area contributed by atoms with Crippen LogP contribution in [0.25, 0.3) is 0 Å². The molecule has 0 radical (unpaired) electrons. The van der Waals surface area contributed by atoms with E-state index in [1.165, 1.54) is 4.67 Å². The van der Waals surface area contributed by atoms with Crippen LogP contribution in [0, 0.1) is 0 Å². The number of carbonyl (C=O) groups is 2. The molecule has 1 unspecified atom stereocenters. The molecule has 0 aliphatic carbocycles. The zero-order valence-electron chi connectivity index (χ0n) is 8.04. The molecule has 1 fully saturated rings. The molecule has 1 rings (SSSR count). The van der Waals surface area contributed by atoms with Crippen molar-refractivity contribution < 1.29 is 9.59 Å². The van der Waals surface area contributed by atoms with E-state index >= 15 is 0 Å². The first kappa shape index (κ1) is 10.6. The minimum absolute atomic E-state index is 0.0183. The molecule has 1 saturated heterocycles. The van der Waals surface area contributed by atoms with Crippen molar-refractivity contribution in [2.24, 2.45) is 0 Å². The first-order chi connectivity index (χ1) is 6.19. The summed E-state index contributed by atoms with van der Waals surface area (Å²) in [5, 5.41) is 0. The summed E-state index contributed by atoms with van der Waals surface area (Å²) in [6.07, 6.45) is 0.792. The van der Waals surface area contributed by atoms with Crippen molar-refractivity contribution in [1.29, 1.82) is 0 Å². The number of amides is 2. The standard InChI is InChI=1S/C8H15N2O2P/c1-3-9(4-2)13-10-7(11)5-6-8(10)12/h13H,3-6H2,1-2H3. The van der Waals surface area contributed by atoms with E-state index in [0.717, 1.165) is 13.1 Å². The second kappa shape index (κ2) is 4.68. The lowest BCUT2D eigenvalue weighted by Crippen LogP contribution is -2.26. The van der Waals surface area contributed by atoms with E-state index in [4.69, 9.17) is 0 Å². The van der Waals surface area contributed by atoms with Gasteiger partial charge in [0.25, 0.3) is 0 Å². The fourth-order valence-corrected chi connectivity index (χ4v) is 2.21. The van der Waals surface area contributed by atoms with Crippen LogP contribution in [0.1, 0.15) is 26.7 Å². The third kappa shape index (κ3) is 2.48. The van der Waals surface area contributed by atoms with Crippen molar-refractivity contribution in [2.75, 3.05) is 13.1 Å². The number of carbonyl (C=O) groups excluding carboxylic acids is 2. The first-order valence-electron chi connectivity index (χ1n) is 4.56. The Hall–Kier alpha value is -0.470. The Labute approximate surface area is 80.2 Å². The van der Waals surface area contributed by atoms with Gasteiger partial charge >= 0.3 is 0 Å². The van der Waals surface area contributed by atoms with Gasteiger partial charge in [-0.25, -0.2) is 4.67 Å². The van der Waals surface area contributed by atoms with Gasteiger partial charge in [-0.1, -0.05) is 13.8 Å². The van der Waals surface area contributed by atoms with E-state index < -0.39 is 0 Å². The molecule has 1 atom stereocenters. The number of imide groups is 1. The number of hydrogen-bond acceptors (Lipinski definition) is 3. The molecule has 0 aromatic carbocycles. The zero-order valence-corrected chi connectivity index (χ0v) is 9.04. The molecular formula is C8H15N2O2P. The van der Waals surface area contributed by atoms with Crippen molar-refractivity contribution in [1.82, 2.24) is 9.34 Å². The Bertz CT molecular complexity index is 200. The lowest BCUT2D eigenvalue weighted by Gasteiger charge is -2.23. The lowest BCUT2D eigenvalue weighted by molar-refractivity contribution is -0.132. The average Bonchev–Trinajstić information content (AvgIpc) is 2.44. The highest BCUT2D eigenvalue weighted by Gasteiger charge is 2.29. The van der Waals surface area contributed by atoms with Gasteiger partial charge in [0.2, 0.25) is 11.8 Å². The Morgan fingerprint density at radius 3 is 2.08 bits per heavy atom. The van der Waals surface area contributed by atoms with Crippen LogP contribution in [-0.2, 0) is 9.59 Å². The molecule has 0 saturated carbocycles. The van der Waals surface area contributed by atoms with Gasteiger partial charge in [-0.15, -0.1) is 0 Å². The zero-order chi connectivity index (χ0) is 9.84. The van der Waals surface area contributed by atoms with Crippen LogP contribution in [-0.4, -0.2) is 34.2 Å². The molecular weight excluding hydrogens is 187 g/mol. The van der Waals surface area contributed by atoms with Crippen molar-refractivity contribution in [3.05, 3.63) is 0 Å². The highest BCUT2D eigenvalue weighted by atomic mass is 31.1. The molecule has 1 aliphatic rings. The van der Waals surface area contributed by atoms with E-state index in [0.29, 0.717) is 12.8 Å². The van der Waals surface area contributed by atoms with Gasteiger partial charge in [-0.2, -0.15) is 0 Å². The van der Waals surface area contributed by atoms with Crippen LogP contribution in [0.2, 0.25) is 0 Å². The summed E-state index contributed by atoms with van der Waals surface area (Å²) in [5.74, 6) is -0.0366. The Morgan fingerprint density at radius 1 is 1.23 bits per heavy atom. The van der Waals surface area contributed by atoms with E-state index in [-0.39, 0.29) is 20.7 Å². The summed E-state index contributed by atoms with van der Waals surface area (Å²) >= 11 is 0. The minimum Gasteiger partial charge on any atom is -0.274 e. The monoisotopic (exact) mass is 202 g/mol. The first-order valence-corrected chi connectivity index (χ1v) is 5.45. The normalized spacial score (nSPS) is 18.5. The maximum Gasteiger partial charge on any atom is 0.233 e. The number of nitrogens with zero attached hydrogens (tertiary/aromatic N) is 2. The molecule has 1 aliphatic heterocycles. The van der Waals surface area contributed by atoms with E-state index in [1.807, 2.05) is 13.8 Å². The summed E-state index contributed by atoms with van der Waals surface area (Å²) in [6, 6.07) is 0. The third-order valence-corrected chi connectivity index (χ3v) is 3.67. The molecule has 0 spiro atoms. The molecule has 0 aromatic heterocycles. The number of hydrogen-bond donors (Lipinski definition) is 0. The van der Waals surface area contributed by atoms with Gasteiger partial charge in [0.05, 0.1) is 8.88 Å². The van der Waals surface area contributed by atoms with Crippen LogP contribution in [0.4, 0.5) is 0 Å². The fourth-order valence-electron chi connectivity index (χ4n) is 1.19. The summed E-state index contributed by atoms with van der Waals surface area (Å²) in [4.78, 5) is 22.5. The second-order valence-electron chi connectivity index (χ2n) is 2.90. The molecule has 1 heterocycles. The Morgan fingerprint density at radius 2 is 1.69 bits per heavy atom. The summed E-state index contributed by atoms with van der Waals surface area (Å²) in [6.45, 7) is 5.82. The van der Waals surface area contributed by atoms with Crippen LogP contribution in [0.15, 0.2) is 0 Å². The van der Waals surface area contributed by atoms with Gasteiger partial charge < -0.3 is 0 Å². The van der Waals surface area contributed by atoms with Crippen molar-refractivity contribution in [3.63, 3.8) is 0 Å². The molecule has 5 heteroatoms. The molecule has 4 nitrogen and oxygen atoms in total. The average molecular weight is 202 g/mol. The van der Waals surface area contributed by atoms with Crippen LogP contribution < -0.4 is 0 Å². The van der Waals surface area contributed by atoms with Crippen LogP contribution in [0.3, 0.4) is 0 Å². The summed E-state index contributed by atoms with van der Waals surface area (Å²) < 4.78 is 3.47. The maximum atomic E-state index is 11.2. The van der Waals surface area contributed by atoms with Crippen molar-refractivity contribution in [2.45, 2.75) is 26.7 Å². The quantitative estimate of drug-likeness (QED) is 0.504. The summed E-state index contributed by atoms with van der Waals surface area (Å²) in [7, 11) is 0.205. The van der Waals surface area contributed by atoms with Crippen molar-refractivity contribution >= 4 is 20.7 Å². The molecule has 0 N–H and O–H groups in total. The van der Waals surface area contributed by atoms with E-state index in [2.05, 4.69) is 4.67 Å².